The highest BCUT2D eigenvalue weighted by Gasteiger charge is 2.38. The lowest BCUT2D eigenvalue weighted by molar-refractivity contribution is -0.0584. The SMILES string of the molecule is O=C(ON1C(=O)c2ccccc2C1=O)c1ccc2c(c1)C=CCC2. The number of hydrogen-bond acceptors (Lipinski definition) is 4. The van der Waals surface area contributed by atoms with Gasteiger partial charge < -0.3 is 4.84 Å². The van der Waals surface area contributed by atoms with Crippen LogP contribution in [0.1, 0.15) is 48.6 Å². The van der Waals surface area contributed by atoms with Crippen molar-refractivity contribution in [2.45, 2.75) is 12.8 Å². The molecule has 0 saturated carbocycles. The van der Waals surface area contributed by atoms with Gasteiger partial charge in [-0.1, -0.05) is 35.4 Å². The summed E-state index contributed by atoms with van der Waals surface area (Å²) in [5.74, 6) is -1.98. The van der Waals surface area contributed by atoms with Crippen LogP contribution in [0.15, 0.2) is 48.5 Å². The standard InChI is InChI=1S/C19H13NO4/c21-17-15-7-3-4-8-16(15)18(22)20(17)24-19(23)14-10-9-12-5-1-2-6-13(12)11-14/h2-4,6-11H,1,5H2. The summed E-state index contributed by atoms with van der Waals surface area (Å²) in [4.78, 5) is 41.8. The maximum absolute atomic E-state index is 12.3. The fourth-order valence-electron chi connectivity index (χ4n) is 2.94. The summed E-state index contributed by atoms with van der Waals surface area (Å²) in [7, 11) is 0. The third-order valence-electron chi connectivity index (χ3n) is 4.19. The van der Waals surface area contributed by atoms with Gasteiger partial charge in [0.25, 0.3) is 11.8 Å². The van der Waals surface area contributed by atoms with Crippen molar-refractivity contribution in [1.82, 2.24) is 5.06 Å². The molecule has 0 atom stereocenters. The van der Waals surface area contributed by atoms with Gasteiger partial charge in [0.2, 0.25) is 0 Å². The van der Waals surface area contributed by atoms with Crippen molar-refractivity contribution in [2.24, 2.45) is 0 Å². The third-order valence-corrected chi connectivity index (χ3v) is 4.19. The highest BCUT2D eigenvalue weighted by molar-refractivity contribution is 6.21. The van der Waals surface area contributed by atoms with E-state index in [1.54, 1.807) is 24.3 Å². The van der Waals surface area contributed by atoms with Crippen LogP contribution in [0.3, 0.4) is 0 Å². The zero-order valence-electron chi connectivity index (χ0n) is 12.7. The Morgan fingerprint density at radius 3 is 2.42 bits per heavy atom. The van der Waals surface area contributed by atoms with E-state index in [2.05, 4.69) is 0 Å². The van der Waals surface area contributed by atoms with E-state index in [1.807, 2.05) is 18.2 Å². The predicted molar refractivity (Wildman–Crippen MR) is 86.2 cm³/mol. The minimum atomic E-state index is -0.730. The van der Waals surface area contributed by atoms with Gasteiger partial charge in [0.15, 0.2) is 0 Å². The van der Waals surface area contributed by atoms with Gasteiger partial charge in [-0.3, -0.25) is 9.59 Å². The molecule has 0 spiro atoms. The van der Waals surface area contributed by atoms with Gasteiger partial charge in [0, 0.05) is 0 Å². The fourth-order valence-corrected chi connectivity index (χ4v) is 2.94. The second kappa shape index (κ2) is 5.45. The monoisotopic (exact) mass is 319 g/mol. The molecule has 0 saturated heterocycles. The highest BCUT2D eigenvalue weighted by Crippen LogP contribution is 2.25. The van der Waals surface area contributed by atoms with Crippen LogP contribution in [0, 0.1) is 0 Å². The molecule has 5 heteroatoms. The molecule has 1 aliphatic heterocycles. The summed E-state index contributed by atoms with van der Waals surface area (Å²) in [6.45, 7) is 0. The smallest absolute Gasteiger partial charge is 0.324 e. The van der Waals surface area contributed by atoms with Crippen LogP contribution in [0.4, 0.5) is 0 Å². The number of carbonyl (C=O) groups is 3. The first-order valence-corrected chi connectivity index (χ1v) is 7.65. The van der Waals surface area contributed by atoms with Gasteiger partial charge in [-0.05, 0) is 48.2 Å². The number of amides is 2. The predicted octanol–water partition coefficient (Wildman–Crippen LogP) is 3.01. The van der Waals surface area contributed by atoms with Gasteiger partial charge in [-0.25, -0.2) is 4.79 Å². The molecule has 0 radical (unpaired) electrons. The summed E-state index contributed by atoms with van der Waals surface area (Å²) in [5.41, 5.74) is 2.90. The van der Waals surface area contributed by atoms with Gasteiger partial charge >= 0.3 is 5.97 Å². The summed E-state index contributed by atoms with van der Waals surface area (Å²) >= 11 is 0. The van der Waals surface area contributed by atoms with E-state index in [-0.39, 0.29) is 11.1 Å². The normalized spacial score (nSPS) is 15.2. The number of allylic oxidation sites excluding steroid dienone is 1. The molecule has 2 aromatic rings. The van der Waals surface area contributed by atoms with Gasteiger partial charge in [-0.2, -0.15) is 0 Å². The Bertz CT molecular complexity index is 878. The lowest BCUT2D eigenvalue weighted by atomic mass is 9.95. The molecule has 24 heavy (non-hydrogen) atoms. The van der Waals surface area contributed by atoms with E-state index >= 15 is 0 Å². The van der Waals surface area contributed by atoms with E-state index in [9.17, 15) is 14.4 Å². The quantitative estimate of drug-likeness (QED) is 0.798. The number of hydrogen-bond donors (Lipinski definition) is 0. The molecular weight excluding hydrogens is 306 g/mol. The first kappa shape index (κ1) is 14.4. The zero-order valence-corrected chi connectivity index (χ0v) is 12.7. The Kier molecular flexibility index (Phi) is 3.27. The Balaban J connectivity index is 1.59. The Hall–Kier alpha value is -3.21. The number of imide groups is 1. The van der Waals surface area contributed by atoms with Gasteiger partial charge in [0.1, 0.15) is 0 Å². The van der Waals surface area contributed by atoms with Gasteiger partial charge in [0.05, 0.1) is 16.7 Å². The molecule has 1 aliphatic carbocycles. The van der Waals surface area contributed by atoms with Crippen molar-refractivity contribution in [2.75, 3.05) is 0 Å². The van der Waals surface area contributed by atoms with Crippen LogP contribution in [-0.2, 0) is 11.3 Å². The Morgan fingerprint density at radius 1 is 1.00 bits per heavy atom. The number of benzene rings is 2. The summed E-state index contributed by atoms with van der Waals surface area (Å²) in [5, 5.41) is 0.530. The van der Waals surface area contributed by atoms with Crippen LogP contribution in [0.25, 0.3) is 6.08 Å². The van der Waals surface area contributed by atoms with Crippen LogP contribution in [0.5, 0.6) is 0 Å². The van der Waals surface area contributed by atoms with Crippen molar-refractivity contribution < 1.29 is 19.2 Å². The number of carbonyl (C=O) groups excluding carboxylic acids is 3. The number of aryl methyl sites for hydroxylation is 1. The van der Waals surface area contributed by atoms with Crippen molar-refractivity contribution in [1.29, 1.82) is 0 Å². The average molecular weight is 319 g/mol. The fraction of sp³-hybridized carbons (Fsp3) is 0.105. The summed E-state index contributed by atoms with van der Waals surface area (Å²) < 4.78 is 0. The van der Waals surface area contributed by atoms with Crippen molar-refractivity contribution in [3.05, 3.63) is 76.4 Å². The summed E-state index contributed by atoms with van der Waals surface area (Å²) in [6.07, 6.45) is 5.91. The molecule has 118 valence electrons. The molecule has 0 N–H and O–H groups in total. The Morgan fingerprint density at radius 2 is 1.71 bits per heavy atom. The molecule has 2 aliphatic rings. The average Bonchev–Trinajstić information content (AvgIpc) is 2.86. The lowest BCUT2D eigenvalue weighted by Gasteiger charge is -2.14. The number of fused-ring (bicyclic) bond motifs is 2. The van der Waals surface area contributed by atoms with Crippen LogP contribution >= 0.6 is 0 Å². The minimum Gasteiger partial charge on any atom is -0.324 e. The molecule has 2 aromatic carbocycles. The minimum absolute atomic E-state index is 0.240. The zero-order chi connectivity index (χ0) is 16.7. The maximum Gasteiger partial charge on any atom is 0.363 e. The van der Waals surface area contributed by atoms with Crippen LogP contribution in [0.2, 0.25) is 0 Å². The highest BCUT2D eigenvalue weighted by atomic mass is 16.7. The van der Waals surface area contributed by atoms with Crippen molar-refractivity contribution in [3.63, 3.8) is 0 Å². The lowest BCUT2D eigenvalue weighted by Crippen LogP contribution is -2.32. The topological polar surface area (TPSA) is 63.7 Å². The molecule has 0 fully saturated rings. The van der Waals surface area contributed by atoms with E-state index < -0.39 is 17.8 Å². The maximum atomic E-state index is 12.3. The molecule has 0 unspecified atom stereocenters. The van der Waals surface area contributed by atoms with Crippen molar-refractivity contribution in [3.8, 4) is 0 Å². The summed E-state index contributed by atoms with van der Waals surface area (Å²) in [6, 6.07) is 11.6. The second-order valence-corrected chi connectivity index (χ2v) is 5.68. The Labute approximate surface area is 138 Å². The van der Waals surface area contributed by atoms with Gasteiger partial charge in [-0.15, -0.1) is 0 Å². The number of nitrogens with zero attached hydrogens (tertiary/aromatic N) is 1. The van der Waals surface area contributed by atoms with E-state index in [0.717, 1.165) is 24.0 Å². The number of rotatable bonds is 2. The van der Waals surface area contributed by atoms with Crippen LogP contribution < -0.4 is 0 Å². The van der Waals surface area contributed by atoms with Crippen molar-refractivity contribution >= 4 is 23.9 Å². The molecule has 2 amide bonds. The molecule has 4 rings (SSSR count). The third kappa shape index (κ3) is 2.22. The van der Waals surface area contributed by atoms with E-state index in [0.29, 0.717) is 10.6 Å². The van der Waals surface area contributed by atoms with E-state index in [1.165, 1.54) is 12.1 Å². The molecule has 5 nitrogen and oxygen atoms in total. The second-order valence-electron chi connectivity index (χ2n) is 5.68. The van der Waals surface area contributed by atoms with E-state index in [4.69, 9.17) is 4.84 Å². The first-order valence-electron chi connectivity index (χ1n) is 7.65. The molecular formula is C19H13NO4. The first-order chi connectivity index (χ1) is 11.6. The molecule has 1 heterocycles. The number of hydroxylamine groups is 2. The largest absolute Gasteiger partial charge is 0.363 e. The molecule has 0 bridgehead atoms. The van der Waals surface area contributed by atoms with Crippen LogP contribution in [-0.4, -0.2) is 22.8 Å². The molecule has 0 aromatic heterocycles.